The van der Waals surface area contributed by atoms with Gasteiger partial charge < -0.3 is 9.53 Å². The molecule has 0 amide bonds. The van der Waals surface area contributed by atoms with Crippen LogP contribution in [0.25, 0.3) is 0 Å². The first-order chi connectivity index (χ1) is 12.2. The zero-order valence-corrected chi connectivity index (χ0v) is 14.8. The molecule has 0 aromatic heterocycles. The molecule has 0 spiro atoms. The van der Waals surface area contributed by atoms with Gasteiger partial charge >= 0.3 is 0 Å². The van der Waals surface area contributed by atoms with Gasteiger partial charge in [-0.1, -0.05) is 56.0 Å². The van der Waals surface area contributed by atoms with Crippen molar-refractivity contribution in [2.24, 2.45) is 11.8 Å². The molecule has 25 heavy (non-hydrogen) atoms. The van der Waals surface area contributed by atoms with Crippen molar-refractivity contribution >= 4 is 6.29 Å². The monoisotopic (exact) mass is 347 g/mol. The van der Waals surface area contributed by atoms with E-state index < -0.39 is 12.0 Å². The second-order valence-electron chi connectivity index (χ2n) is 7.01. The summed E-state index contributed by atoms with van der Waals surface area (Å²) in [6, 6.07) is 9.28. The number of nitrogens with zero attached hydrogens (tertiary/aromatic N) is 1. The predicted molar refractivity (Wildman–Crippen MR) is 96.9 cm³/mol. The molecule has 1 aliphatic rings. The largest absolute Gasteiger partial charge is 0.377 e. The van der Waals surface area contributed by atoms with Crippen molar-refractivity contribution in [1.29, 1.82) is 0 Å². The zero-order valence-electron chi connectivity index (χ0n) is 14.8. The number of carbonyl (C=O) groups excluding carboxylic acids is 1. The molecule has 2 rings (SSSR count). The predicted octanol–water partition coefficient (Wildman–Crippen LogP) is 4.41. The van der Waals surface area contributed by atoms with Crippen molar-refractivity contribution in [3.05, 3.63) is 46.0 Å². The van der Waals surface area contributed by atoms with E-state index in [0.717, 1.165) is 56.8 Å². The summed E-state index contributed by atoms with van der Waals surface area (Å²) in [4.78, 5) is 22.8. The molecule has 138 valence electrons. The molecule has 1 fully saturated rings. The fourth-order valence-corrected chi connectivity index (χ4v) is 3.82. The van der Waals surface area contributed by atoms with E-state index in [4.69, 9.17) is 4.74 Å². The SMILES string of the molecule is O=C[C@H](CCCCOCc1ccccc1)[C@H](C1CCCCC1)[N+](=O)[O-]. The summed E-state index contributed by atoms with van der Waals surface area (Å²) in [5, 5.41) is 11.5. The maximum Gasteiger partial charge on any atom is 0.225 e. The summed E-state index contributed by atoms with van der Waals surface area (Å²) in [6.07, 6.45) is 8.04. The van der Waals surface area contributed by atoms with E-state index in [0.29, 0.717) is 19.6 Å². The minimum Gasteiger partial charge on any atom is -0.377 e. The number of carbonyl (C=O) groups is 1. The number of unbranched alkanes of at least 4 members (excludes halogenated alkanes) is 1. The molecule has 2 atom stereocenters. The highest BCUT2D eigenvalue weighted by Gasteiger charge is 2.39. The standard InChI is InChI=1S/C20H29NO4/c22-15-19(20(21(23)24)18-11-5-2-6-12-18)13-7-8-14-25-16-17-9-3-1-4-10-17/h1,3-4,9-10,15,18-20H,2,5-8,11-14,16H2/t19-,20-/m0/s1. The van der Waals surface area contributed by atoms with Gasteiger partial charge in [-0.3, -0.25) is 10.1 Å². The first-order valence-electron chi connectivity index (χ1n) is 9.43. The molecule has 0 aliphatic heterocycles. The van der Waals surface area contributed by atoms with Crippen LogP contribution in [0, 0.1) is 22.0 Å². The van der Waals surface area contributed by atoms with E-state index in [1.165, 1.54) is 0 Å². The number of aldehydes is 1. The van der Waals surface area contributed by atoms with Gasteiger partial charge in [0.05, 0.1) is 12.5 Å². The van der Waals surface area contributed by atoms with Gasteiger partial charge in [0.2, 0.25) is 6.04 Å². The fourth-order valence-electron chi connectivity index (χ4n) is 3.82. The Balaban J connectivity index is 1.70. The van der Waals surface area contributed by atoms with Gasteiger partial charge in [0.25, 0.3) is 0 Å². The third kappa shape index (κ3) is 6.58. The maximum absolute atomic E-state index is 11.5. The van der Waals surface area contributed by atoms with Crippen LogP contribution < -0.4 is 0 Å². The summed E-state index contributed by atoms with van der Waals surface area (Å²) in [6.45, 7) is 1.20. The Morgan fingerprint density at radius 2 is 1.88 bits per heavy atom. The quantitative estimate of drug-likeness (QED) is 0.257. The third-order valence-electron chi connectivity index (χ3n) is 5.18. The highest BCUT2D eigenvalue weighted by molar-refractivity contribution is 5.54. The summed E-state index contributed by atoms with van der Waals surface area (Å²) in [5.41, 5.74) is 1.14. The Morgan fingerprint density at radius 1 is 1.16 bits per heavy atom. The Morgan fingerprint density at radius 3 is 2.52 bits per heavy atom. The van der Waals surface area contributed by atoms with Gasteiger partial charge in [0.1, 0.15) is 6.29 Å². The Kier molecular flexibility index (Phi) is 8.60. The van der Waals surface area contributed by atoms with Crippen molar-refractivity contribution in [3.8, 4) is 0 Å². The minimum absolute atomic E-state index is 0.0632. The molecule has 0 heterocycles. The first-order valence-corrected chi connectivity index (χ1v) is 9.43. The highest BCUT2D eigenvalue weighted by Crippen LogP contribution is 2.32. The highest BCUT2D eigenvalue weighted by atomic mass is 16.6. The normalized spacial score (nSPS) is 17.8. The molecule has 1 aromatic carbocycles. The number of ether oxygens (including phenoxy) is 1. The van der Waals surface area contributed by atoms with Gasteiger partial charge in [0.15, 0.2) is 0 Å². The molecule has 0 bridgehead atoms. The molecule has 0 unspecified atom stereocenters. The Hall–Kier alpha value is -1.75. The van der Waals surface area contributed by atoms with Gasteiger partial charge in [0, 0.05) is 17.4 Å². The maximum atomic E-state index is 11.5. The summed E-state index contributed by atoms with van der Waals surface area (Å²) >= 11 is 0. The lowest BCUT2D eigenvalue weighted by Crippen LogP contribution is -2.38. The topological polar surface area (TPSA) is 69.4 Å². The molecule has 1 aromatic rings. The third-order valence-corrected chi connectivity index (χ3v) is 5.18. The van der Waals surface area contributed by atoms with Crippen LogP contribution >= 0.6 is 0 Å². The summed E-state index contributed by atoms with van der Waals surface area (Å²) < 4.78 is 5.64. The Labute approximate surface area is 149 Å². The molecule has 0 saturated heterocycles. The van der Waals surface area contributed by atoms with Crippen LogP contribution in [0.4, 0.5) is 0 Å². The van der Waals surface area contributed by atoms with Crippen molar-refractivity contribution < 1.29 is 14.5 Å². The van der Waals surface area contributed by atoms with Crippen molar-refractivity contribution in [2.45, 2.75) is 64.0 Å². The lowest BCUT2D eigenvalue weighted by atomic mass is 9.78. The molecule has 0 N–H and O–H groups in total. The first kappa shape index (κ1) is 19.6. The number of nitro groups is 1. The minimum atomic E-state index is -0.706. The molecular formula is C20H29NO4. The van der Waals surface area contributed by atoms with Gasteiger partial charge in [-0.15, -0.1) is 0 Å². The number of hydrogen-bond acceptors (Lipinski definition) is 4. The van der Waals surface area contributed by atoms with Crippen LogP contribution in [0.1, 0.15) is 56.9 Å². The van der Waals surface area contributed by atoms with E-state index in [-0.39, 0.29) is 10.8 Å². The van der Waals surface area contributed by atoms with Gasteiger partial charge in [-0.2, -0.15) is 0 Å². The lowest BCUT2D eigenvalue weighted by molar-refractivity contribution is -0.540. The smallest absolute Gasteiger partial charge is 0.225 e. The zero-order chi connectivity index (χ0) is 17.9. The fraction of sp³-hybridized carbons (Fsp3) is 0.650. The van der Waals surface area contributed by atoms with Crippen LogP contribution in [0.15, 0.2) is 30.3 Å². The van der Waals surface area contributed by atoms with Crippen LogP contribution in [0.3, 0.4) is 0 Å². The van der Waals surface area contributed by atoms with Crippen molar-refractivity contribution in [2.75, 3.05) is 6.61 Å². The van der Waals surface area contributed by atoms with E-state index in [1.807, 2.05) is 30.3 Å². The number of hydrogen-bond donors (Lipinski definition) is 0. The molecule has 5 heteroatoms. The van der Waals surface area contributed by atoms with E-state index >= 15 is 0 Å². The van der Waals surface area contributed by atoms with E-state index in [9.17, 15) is 14.9 Å². The van der Waals surface area contributed by atoms with E-state index in [2.05, 4.69) is 0 Å². The van der Waals surface area contributed by atoms with Crippen LogP contribution in [0.5, 0.6) is 0 Å². The van der Waals surface area contributed by atoms with Crippen molar-refractivity contribution in [3.63, 3.8) is 0 Å². The van der Waals surface area contributed by atoms with E-state index in [1.54, 1.807) is 0 Å². The molecular weight excluding hydrogens is 318 g/mol. The van der Waals surface area contributed by atoms with Crippen molar-refractivity contribution in [1.82, 2.24) is 0 Å². The second kappa shape index (κ2) is 11.0. The average Bonchev–Trinajstić information content (AvgIpc) is 2.64. The molecule has 5 nitrogen and oxygen atoms in total. The van der Waals surface area contributed by atoms with Gasteiger partial charge in [-0.25, -0.2) is 0 Å². The summed E-state index contributed by atoms with van der Waals surface area (Å²) in [7, 11) is 0. The van der Waals surface area contributed by atoms with Crippen LogP contribution in [-0.2, 0) is 16.1 Å². The lowest BCUT2D eigenvalue weighted by Gasteiger charge is -2.27. The van der Waals surface area contributed by atoms with Crippen LogP contribution in [-0.4, -0.2) is 23.9 Å². The van der Waals surface area contributed by atoms with Crippen LogP contribution in [0.2, 0.25) is 0 Å². The second-order valence-corrected chi connectivity index (χ2v) is 7.01. The summed E-state index contributed by atoms with van der Waals surface area (Å²) in [5.74, 6) is -0.402. The number of rotatable bonds is 11. The molecule has 0 radical (unpaired) electrons. The average molecular weight is 347 g/mol. The molecule has 1 aliphatic carbocycles. The Bertz CT molecular complexity index is 514. The molecule has 1 saturated carbocycles. The van der Waals surface area contributed by atoms with Gasteiger partial charge in [-0.05, 0) is 31.2 Å². The number of benzene rings is 1.